The van der Waals surface area contributed by atoms with Crippen molar-refractivity contribution in [2.75, 3.05) is 40.0 Å². The third kappa shape index (κ3) is 8.34. The van der Waals surface area contributed by atoms with Crippen LogP contribution in [0.15, 0.2) is 48.7 Å². The molecule has 3 aromatic rings. The summed E-state index contributed by atoms with van der Waals surface area (Å²) in [7, 11) is 1.70. The number of piperidine rings is 1. The van der Waals surface area contributed by atoms with Crippen LogP contribution in [-0.2, 0) is 22.5 Å². The van der Waals surface area contributed by atoms with Gasteiger partial charge in [-0.15, -0.1) is 0 Å². The minimum atomic E-state index is -0.184. The van der Waals surface area contributed by atoms with Gasteiger partial charge in [-0.2, -0.15) is 0 Å². The number of rotatable bonds is 13. The van der Waals surface area contributed by atoms with Gasteiger partial charge in [0.1, 0.15) is 13.2 Å². The van der Waals surface area contributed by atoms with Crippen molar-refractivity contribution in [3.8, 4) is 11.6 Å². The van der Waals surface area contributed by atoms with Gasteiger partial charge in [-0.1, -0.05) is 53.0 Å². The summed E-state index contributed by atoms with van der Waals surface area (Å²) in [4.78, 5) is 20.7. The summed E-state index contributed by atoms with van der Waals surface area (Å²) >= 11 is 19.1. The molecular weight excluding hydrogens is 609 g/mol. The van der Waals surface area contributed by atoms with E-state index in [9.17, 15) is 4.79 Å². The Kier molecular flexibility index (Phi) is 11.1. The van der Waals surface area contributed by atoms with Crippen LogP contribution in [0.2, 0.25) is 15.1 Å². The van der Waals surface area contributed by atoms with Crippen LogP contribution < -0.4 is 14.8 Å². The minimum absolute atomic E-state index is 0.0641. The van der Waals surface area contributed by atoms with Gasteiger partial charge in [-0.3, -0.25) is 4.79 Å². The van der Waals surface area contributed by atoms with Crippen LogP contribution in [0.3, 0.4) is 0 Å². The van der Waals surface area contributed by atoms with E-state index in [1.54, 1.807) is 7.11 Å². The van der Waals surface area contributed by atoms with Crippen LogP contribution in [-0.4, -0.2) is 61.9 Å². The highest BCUT2D eigenvalue weighted by Gasteiger charge is 2.40. The first kappa shape index (κ1) is 31.9. The molecule has 1 N–H and O–H groups in total. The molecule has 1 amide bonds. The van der Waals surface area contributed by atoms with Crippen LogP contribution >= 0.6 is 34.8 Å². The van der Waals surface area contributed by atoms with Gasteiger partial charge in [-0.05, 0) is 85.5 Å². The molecule has 2 aliphatic rings. The zero-order valence-electron chi connectivity index (χ0n) is 24.6. The Morgan fingerprint density at radius 1 is 0.977 bits per heavy atom. The highest BCUT2D eigenvalue weighted by molar-refractivity contribution is 6.37. The Morgan fingerprint density at radius 3 is 2.44 bits per heavy atom. The Morgan fingerprint density at radius 2 is 1.74 bits per heavy atom. The molecule has 0 radical (unpaired) electrons. The summed E-state index contributed by atoms with van der Waals surface area (Å²) in [5, 5.41) is 5.07. The maximum absolute atomic E-state index is 14.1. The van der Waals surface area contributed by atoms with Crippen LogP contribution in [0.5, 0.6) is 11.6 Å². The first-order valence-electron chi connectivity index (χ1n) is 14.8. The second kappa shape index (κ2) is 15.0. The third-order valence-electron chi connectivity index (χ3n) is 8.03. The monoisotopic (exact) mass is 645 g/mol. The molecule has 10 heteroatoms. The van der Waals surface area contributed by atoms with Crippen LogP contribution in [0.25, 0.3) is 0 Å². The van der Waals surface area contributed by atoms with Crippen molar-refractivity contribution in [2.24, 2.45) is 5.92 Å². The van der Waals surface area contributed by atoms with Gasteiger partial charge >= 0.3 is 0 Å². The molecule has 5 rings (SSSR count). The average Bonchev–Trinajstić information content (AvgIpc) is 3.84. The quantitative estimate of drug-likeness (QED) is 0.204. The van der Waals surface area contributed by atoms with E-state index >= 15 is 0 Å². The van der Waals surface area contributed by atoms with E-state index in [0.29, 0.717) is 46.4 Å². The SMILES string of the molecule is COCCc1ccc(Cl)c(CN(C(=O)[C@@H]2CNCCC2c2ccc(OCCOc3c(Cl)cc(C)cc3Cl)nc2)C2CC2)c1. The predicted molar refractivity (Wildman–Crippen MR) is 171 cm³/mol. The number of hydrogen-bond donors (Lipinski definition) is 1. The van der Waals surface area contributed by atoms with Crippen molar-refractivity contribution in [1.29, 1.82) is 0 Å². The second-order valence-corrected chi connectivity index (χ2v) is 12.5. The number of aryl methyl sites for hydroxylation is 1. The van der Waals surface area contributed by atoms with Gasteiger partial charge in [0.25, 0.3) is 0 Å². The van der Waals surface area contributed by atoms with E-state index in [0.717, 1.165) is 54.5 Å². The molecule has 1 unspecified atom stereocenters. The van der Waals surface area contributed by atoms with Crippen molar-refractivity contribution in [2.45, 2.75) is 51.1 Å². The normalized spacial score (nSPS) is 18.3. The third-order valence-corrected chi connectivity index (χ3v) is 8.96. The Balaban J connectivity index is 1.21. The van der Waals surface area contributed by atoms with E-state index in [4.69, 9.17) is 49.0 Å². The van der Waals surface area contributed by atoms with Crippen molar-refractivity contribution >= 4 is 40.7 Å². The first-order chi connectivity index (χ1) is 20.8. The van der Waals surface area contributed by atoms with Crippen molar-refractivity contribution in [1.82, 2.24) is 15.2 Å². The van der Waals surface area contributed by atoms with Crippen molar-refractivity contribution < 1.29 is 19.0 Å². The number of amides is 1. The Bertz CT molecular complexity index is 1380. The molecular formula is C33H38Cl3N3O4. The lowest BCUT2D eigenvalue weighted by Crippen LogP contribution is -2.47. The van der Waals surface area contributed by atoms with Gasteiger partial charge in [0.15, 0.2) is 5.75 Å². The first-order valence-corrected chi connectivity index (χ1v) is 15.9. The largest absolute Gasteiger partial charge is 0.487 e. The van der Waals surface area contributed by atoms with E-state index in [2.05, 4.69) is 16.4 Å². The van der Waals surface area contributed by atoms with E-state index in [1.807, 2.05) is 54.4 Å². The summed E-state index contributed by atoms with van der Waals surface area (Å²) in [6, 6.07) is 13.8. The average molecular weight is 647 g/mol. The standard InChI is InChI=1S/C33H38Cl3N3O4/c1-21-15-29(35)32(30(36)16-21)43-14-13-42-31-8-4-23(18-38-31)26-9-11-37-19-27(26)33(40)39(25-5-6-25)20-24-17-22(10-12-41-2)3-7-28(24)34/h3-4,7-8,15-18,25-27,37H,5-6,9-14,19-20H2,1-2H3/t26?,27-/m1/s1. The number of hydrogen-bond acceptors (Lipinski definition) is 6. The van der Waals surface area contributed by atoms with E-state index < -0.39 is 0 Å². The number of pyridine rings is 1. The van der Waals surface area contributed by atoms with Crippen molar-refractivity contribution in [3.63, 3.8) is 0 Å². The molecule has 1 aliphatic carbocycles. The molecule has 0 spiro atoms. The van der Waals surface area contributed by atoms with Gasteiger partial charge < -0.3 is 24.4 Å². The molecule has 1 aromatic heterocycles. The van der Waals surface area contributed by atoms with E-state index in [1.165, 1.54) is 0 Å². The van der Waals surface area contributed by atoms with E-state index in [-0.39, 0.29) is 37.0 Å². The minimum Gasteiger partial charge on any atom is -0.487 e. The van der Waals surface area contributed by atoms with Crippen LogP contribution in [0, 0.1) is 12.8 Å². The fourth-order valence-electron chi connectivity index (χ4n) is 5.62. The number of nitrogens with zero attached hydrogens (tertiary/aromatic N) is 2. The summed E-state index contributed by atoms with van der Waals surface area (Å²) < 4.78 is 16.8. The lowest BCUT2D eigenvalue weighted by Gasteiger charge is -2.35. The topological polar surface area (TPSA) is 72.9 Å². The summed E-state index contributed by atoms with van der Waals surface area (Å²) in [5.74, 6) is 0.991. The zero-order chi connectivity index (χ0) is 30.3. The predicted octanol–water partition coefficient (Wildman–Crippen LogP) is 6.88. The highest BCUT2D eigenvalue weighted by atomic mass is 35.5. The lowest BCUT2D eigenvalue weighted by atomic mass is 9.81. The summed E-state index contributed by atoms with van der Waals surface area (Å²) in [5.41, 5.74) is 4.14. The van der Waals surface area contributed by atoms with Gasteiger partial charge in [0.2, 0.25) is 11.8 Å². The number of benzene rings is 2. The van der Waals surface area contributed by atoms with Gasteiger partial charge in [-0.25, -0.2) is 4.98 Å². The number of ether oxygens (including phenoxy) is 3. The zero-order valence-corrected chi connectivity index (χ0v) is 26.9. The molecule has 230 valence electrons. The molecule has 0 bridgehead atoms. The lowest BCUT2D eigenvalue weighted by molar-refractivity contribution is -0.138. The number of aromatic nitrogens is 1. The molecule has 2 aromatic carbocycles. The molecule has 2 heterocycles. The highest BCUT2D eigenvalue weighted by Crippen LogP contribution is 2.37. The summed E-state index contributed by atoms with van der Waals surface area (Å²) in [6.45, 7) is 5.12. The number of nitrogens with one attached hydrogen (secondary N) is 1. The fourth-order valence-corrected chi connectivity index (χ4v) is 6.50. The molecule has 1 saturated heterocycles. The maximum Gasteiger partial charge on any atom is 0.228 e. The maximum atomic E-state index is 14.1. The summed E-state index contributed by atoms with van der Waals surface area (Å²) in [6.07, 6.45) is 5.55. The van der Waals surface area contributed by atoms with Crippen LogP contribution in [0.4, 0.5) is 0 Å². The second-order valence-electron chi connectivity index (χ2n) is 11.3. The number of carbonyl (C=O) groups is 1. The van der Waals surface area contributed by atoms with Gasteiger partial charge in [0, 0.05) is 43.5 Å². The van der Waals surface area contributed by atoms with Gasteiger partial charge in [0.05, 0.1) is 22.6 Å². The van der Waals surface area contributed by atoms with Crippen molar-refractivity contribution in [3.05, 3.63) is 86.0 Å². The molecule has 1 saturated carbocycles. The number of halogens is 3. The fraction of sp³-hybridized carbons (Fsp3) is 0.455. The van der Waals surface area contributed by atoms with Crippen LogP contribution in [0.1, 0.15) is 47.4 Å². The number of methoxy groups -OCH3 is 1. The number of carbonyl (C=O) groups excluding carboxylic acids is 1. The molecule has 43 heavy (non-hydrogen) atoms. The molecule has 2 atom stereocenters. The molecule has 7 nitrogen and oxygen atoms in total. The Hall–Kier alpha value is -2.55. The molecule has 1 aliphatic heterocycles. The smallest absolute Gasteiger partial charge is 0.228 e. The molecule has 2 fully saturated rings. The Labute approximate surface area is 268 Å².